The molecule has 1 aliphatic heterocycles. The third kappa shape index (κ3) is 6.78. The van der Waals surface area contributed by atoms with Gasteiger partial charge in [0, 0.05) is 18.7 Å². The van der Waals surface area contributed by atoms with Gasteiger partial charge in [-0.05, 0) is 44.4 Å². The first-order valence-corrected chi connectivity index (χ1v) is 14.9. The molecule has 1 atom stereocenters. The van der Waals surface area contributed by atoms with Gasteiger partial charge in [0.2, 0.25) is 21.8 Å². The van der Waals surface area contributed by atoms with Crippen molar-refractivity contribution in [3.8, 4) is 11.5 Å². The van der Waals surface area contributed by atoms with Crippen molar-refractivity contribution in [2.75, 3.05) is 29.8 Å². The highest BCUT2D eigenvalue weighted by Gasteiger charge is 2.32. The monoisotopic (exact) mass is 543 g/mol. The van der Waals surface area contributed by atoms with Crippen LogP contribution in [-0.2, 0) is 26.2 Å². The van der Waals surface area contributed by atoms with Gasteiger partial charge in [-0.3, -0.25) is 13.9 Å². The standard InChI is InChI=1S/C28H37N3O6S/c1-3-38(34,35)31(24-14-15-25-26(18-24)37-17-16-36-25)20-27(32)30(19-22-10-6-4-7-11-22)21(2)28(33)29-23-12-8-5-9-13-23/h4,6-7,10-11,14-15,18,21,23H,3,5,8-9,12-13,16-17,19-20H2,1-2H3,(H,29,33). The van der Waals surface area contributed by atoms with E-state index in [0.29, 0.717) is 30.4 Å². The van der Waals surface area contributed by atoms with Crippen molar-refractivity contribution in [3.05, 3.63) is 54.1 Å². The van der Waals surface area contributed by atoms with Crippen LogP contribution in [0.5, 0.6) is 11.5 Å². The lowest BCUT2D eigenvalue weighted by Crippen LogP contribution is -2.53. The summed E-state index contributed by atoms with van der Waals surface area (Å²) in [6.45, 7) is 3.74. The summed E-state index contributed by atoms with van der Waals surface area (Å²) < 4.78 is 38.6. The van der Waals surface area contributed by atoms with Crippen LogP contribution in [0.25, 0.3) is 0 Å². The maximum absolute atomic E-state index is 13.8. The molecule has 10 heteroatoms. The number of hydrogen-bond donors (Lipinski definition) is 1. The number of anilines is 1. The van der Waals surface area contributed by atoms with Crippen LogP contribution >= 0.6 is 0 Å². The predicted octanol–water partition coefficient (Wildman–Crippen LogP) is 3.48. The van der Waals surface area contributed by atoms with E-state index < -0.39 is 28.5 Å². The maximum atomic E-state index is 13.8. The summed E-state index contributed by atoms with van der Waals surface area (Å²) in [5, 5.41) is 3.11. The number of nitrogens with one attached hydrogen (secondary N) is 1. The number of carbonyl (C=O) groups is 2. The molecule has 1 fully saturated rings. The van der Waals surface area contributed by atoms with Gasteiger partial charge in [-0.1, -0.05) is 49.6 Å². The average molecular weight is 544 g/mol. The third-order valence-corrected chi connectivity index (χ3v) is 8.85. The fourth-order valence-electron chi connectivity index (χ4n) is 4.84. The van der Waals surface area contributed by atoms with Crippen LogP contribution in [0.4, 0.5) is 5.69 Å². The number of hydrogen-bond acceptors (Lipinski definition) is 6. The van der Waals surface area contributed by atoms with Gasteiger partial charge in [0.25, 0.3) is 0 Å². The quantitative estimate of drug-likeness (QED) is 0.492. The summed E-state index contributed by atoms with van der Waals surface area (Å²) in [4.78, 5) is 28.5. The summed E-state index contributed by atoms with van der Waals surface area (Å²) in [7, 11) is -3.82. The first-order valence-electron chi connectivity index (χ1n) is 13.3. The number of amides is 2. The van der Waals surface area contributed by atoms with E-state index in [1.54, 1.807) is 25.1 Å². The van der Waals surface area contributed by atoms with Crippen LogP contribution in [0.15, 0.2) is 48.5 Å². The van der Waals surface area contributed by atoms with Gasteiger partial charge in [0.05, 0.1) is 11.4 Å². The molecule has 2 amide bonds. The molecule has 2 aromatic rings. The number of benzene rings is 2. The number of rotatable bonds is 10. The van der Waals surface area contributed by atoms with Crippen LogP contribution in [0.3, 0.4) is 0 Å². The molecule has 0 saturated heterocycles. The highest BCUT2D eigenvalue weighted by Crippen LogP contribution is 2.35. The Morgan fingerprint density at radius 3 is 2.37 bits per heavy atom. The minimum atomic E-state index is -3.82. The Morgan fingerprint density at radius 2 is 1.68 bits per heavy atom. The zero-order chi connectivity index (χ0) is 27.1. The van der Waals surface area contributed by atoms with Crippen LogP contribution in [0.2, 0.25) is 0 Å². The van der Waals surface area contributed by atoms with Crippen molar-refractivity contribution >= 4 is 27.5 Å². The molecular formula is C28H37N3O6S. The fourth-order valence-corrected chi connectivity index (χ4v) is 5.89. The Hall–Kier alpha value is -3.27. The van der Waals surface area contributed by atoms with E-state index in [1.807, 2.05) is 30.3 Å². The third-order valence-electron chi connectivity index (χ3n) is 7.11. The molecule has 1 aliphatic carbocycles. The Bertz CT molecular complexity index is 1210. The zero-order valence-corrected chi connectivity index (χ0v) is 22.9. The normalized spacial score (nSPS) is 16.4. The molecule has 2 aromatic carbocycles. The fraction of sp³-hybridized carbons (Fsp3) is 0.500. The second-order valence-corrected chi connectivity index (χ2v) is 11.9. The van der Waals surface area contributed by atoms with Gasteiger partial charge in [-0.15, -0.1) is 0 Å². The summed E-state index contributed by atoms with van der Waals surface area (Å²) in [5.74, 6) is 0.0701. The van der Waals surface area contributed by atoms with Gasteiger partial charge in [0.1, 0.15) is 25.8 Å². The number of sulfonamides is 1. The molecule has 1 unspecified atom stereocenters. The van der Waals surface area contributed by atoms with E-state index in [1.165, 1.54) is 18.2 Å². The van der Waals surface area contributed by atoms with Gasteiger partial charge in [-0.2, -0.15) is 0 Å². The summed E-state index contributed by atoms with van der Waals surface area (Å²) in [5.41, 5.74) is 1.16. The summed E-state index contributed by atoms with van der Waals surface area (Å²) >= 11 is 0. The molecule has 2 aliphatic rings. The Balaban J connectivity index is 1.60. The van der Waals surface area contributed by atoms with Gasteiger partial charge < -0.3 is 19.7 Å². The van der Waals surface area contributed by atoms with E-state index in [4.69, 9.17) is 9.47 Å². The second kappa shape index (κ2) is 12.5. The van der Waals surface area contributed by atoms with Gasteiger partial charge >= 0.3 is 0 Å². The maximum Gasteiger partial charge on any atom is 0.244 e. The molecular weight excluding hydrogens is 506 g/mol. The lowest BCUT2D eigenvalue weighted by atomic mass is 9.95. The Kier molecular flexibility index (Phi) is 9.14. The van der Waals surface area contributed by atoms with E-state index in [-0.39, 0.29) is 24.2 Å². The first-order chi connectivity index (χ1) is 18.3. The molecule has 0 bridgehead atoms. The molecule has 4 rings (SSSR count). The molecule has 1 heterocycles. The minimum absolute atomic E-state index is 0.0991. The van der Waals surface area contributed by atoms with E-state index >= 15 is 0 Å². The number of nitrogens with zero attached hydrogens (tertiary/aromatic N) is 2. The largest absolute Gasteiger partial charge is 0.486 e. The smallest absolute Gasteiger partial charge is 0.244 e. The van der Waals surface area contributed by atoms with Crippen LogP contribution in [0, 0.1) is 0 Å². The van der Waals surface area contributed by atoms with Crippen LogP contribution in [0.1, 0.15) is 51.5 Å². The van der Waals surface area contributed by atoms with Crippen molar-refractivity contribution in [1.82, 2.24) is 10.2 Å². The predicted molar refractivity (Wildman–Crippen MR) is 146 cm³/mol. The zero-order valence-electron chi connectivity index (χ0n) is 22.1. The Labute approximate surface area is 225 Å². The molecule has 0 aromatic heterocycles. The number of carbonyl (C=O) groups excluding carboxylic acids is 2. The minimum Gasteiger partial charge on any atom is -0.486 e. The lowest BCUT2D eigenvalue weighted by molar-refractivity contribution is -0.139. The Morgan fingerprint density at radius 1 is 1.00 bits per heavy atom. The molecule has 9 nitrogen and oxygen atoms in total. The van der Waals surface area contributed by atoms with Crippen molar-refractivity contribution in [3.63, 3.8) is 0 Å². The van der Waals surface area contributed by atoms with E-state index in [9.17, 15) is 18.0 Å². The van der Waals surface area contributed by atoms with Gasteiger partial charge in [-0.25, -0.2) is 8.42 Å². The highest BCUT2D eigenvalue weighted by molar-refractivity contribution is 7.92. The molecule has 0 spiro atoms. The summed E-state index contributed by atoms with van der Waals surface area (Å²) in [6.07, 6.45) is 5.17. The van der Waals surface area contributed by atoms with Crippen LogP contribution < -0.4 is 19.1 Å². The van der Waals surface area contributed by atoms with Crippen LogP contribution in [-0.4, -0.2) is 62.7 Å². The van der Waals surface area contributed by atoms with Crippen molar-refractivity contribution in [2.45, 2.75) is 64.6 Å². The molecule has 1 N–H and O–H groups in total. The van der Waals surface area contributed by atoms with E-state index in [2.05, 4.69) is 5.32 Å². The topological polar surface area (TPSA) is 105 Å². The van der Waals surface area contributed by atoms with Crippen molar-refractivity contribution in [2.24, 2.45) is 0 Å². The van der Waals surface area contributed by atoms with E-state index in [0.717, 1.165) is 35.6 Å². The average Bonchev–Trinajstić information content (AvgIpc) is 2.94. The molecule has 0 radical (unpaired) electrons. The highest BCUT2D eigenvalue weighted by atomic mass is 32.2. The van der Waals surface area contributed by atoms with Crippen molar-refractivity contribution < 1.29 is 27.5 Å². The number of fused-ring (bicyclic) bond motifs is 1. The summed E-state index contributed by atoms with van der Waals surface area (Å²) in [6, 6.07) is 13.5. The van der Waals surface area contributed by atoms with Gasteiger partial charge in [0.15, 0.2) is 11.5 Å². The second-order valence-electron chi connectivity index (χ2n) is 9.76. The number of ether oxygens (including phenoxy) is 2. The first kappa shape index (κ1) is 27.8. The lowest BCUT2D eigenvalue weighted by Gasteiger charge is -2.33. The molecule has 206 valence electrons. The molecule has 38 heavy (non-hydrogen) atoms. The molecule has 1 saturated carbocycles. The van der Waals surface area contributed by atoms with Crippen molar-refractivity contribution in [1.29, 1.82) is 0 Å². The SMILES string of the molecule is CCS(=O)(=O)N(CC(=O)N(Cc1ccccc1)C(C)C(=O)NC1CCCCC1)c1ccc2c(c1)OCCO2.